The summed E-state index contributed by atoms with van der Waals surface area (Å²) in [5.74, 6) is 0.212. The van der Waals surface area contributed by atoms with Crippen molar-refractivity contribution < 1.29 is 12.8 Å². The zero-order valence-electron chi connectivity index (χ0n) is 31.4. The van der Waals surface area contributed by atoms with Crippen LogP contribution in [0.15, 0.2) is 131 Å². The molecule has 6 aromatic rings. The third-order valence-electron chi connectivity index (χ3n) is 9.88. The molecule has 0 aliphatic carbocycles. The van der Waals surface area contributed by atoms with E-state index in [0.29, 0.717) is 10.9 Å². The average molecular weight is 810 g/mol. The van der Waals surface area contributed by atoms with E-state index in [2.05, 4.69) is 83.2 Å². The summed E-state index contributed by atoms with van der Waals surface area (Å²) in [6, 6.07) is 36.2. The van der Waals surface area contributed by atoms with E-state index in [1.165, 1.54) is 29.6 Å². The first-order chi connectivity index (χ1) is 27.1. The molecular formula is C43H45ClFN7O2S2. The van der Waals surface area contributed by atoms with E-state index in [4.69, 9.17) is 11.6 Å². The number of anilines is 3. The van der Waals surface area contributed by atoms with Gasteiger partial charge in [0.1, 0.15) is 12.1 Å². The highest BCUT2D eigenvalue weighted by atomic mass is 35.5. The topological polar surface area (TPSA) is 93.7 Å². The minimum absolute atomic E-state index is 0.0397. The van der Waals surface area contributed by atoms with Gasteiger partial charge in [-0.2, -0.15) is 0 Å². The Balaban J connectivity index is 0.992. The lowest BCUT2D eigenvalue weighted by atomic mass is 9.99. The molecule has 1 aliphatic heterocycles. The van der Waals surface area contributed by atoms with Crippen molar-refractivity contribution in [3.63, 3.8) is 0 Å². The molecule has 9 nitrogen and oxygen atoms in total. The fraction of sp³-hybridized carbons (Fsp3) is 0.256. The molecule has 1 aliphatic rings. The monoisotopic (exact) mass is 809 g/mol. The van der Waals surface area contributed by atoms with Crippen LogP contribution in [0.4, 0.5) is 21.6 Å². The number of benzene rings is 5. The Labute approximate surface area is 338 Å². The van der Waals surface area contributed by atoms with Crippen LogP contribution in [0.2, 0.25) is 5.02 Å². The van der Waals surface area contributed by atoms with Gasteiger partial charge < -0.3 is 15.1 Å². The first-order valence-corrected chi connectivity index (χ1v) is 21.4. The maximum atomic E-state index is 15.5. The molecule has 0 saturated carbocycles. The molecule has 290 valence electrons. The van der Waals surface area contributed by atoms with E-state index in [-0.39, 0.29) is 22.4 Å². The third-order valence-corrected chi connectivity index (χ3v) is 12.6. The molecule has 2 N–H and O–H groups in total. The molecule has 0 radical (unpaired) electrons. The van der Waals surface area contributed by atoms with E-state index < -0.39 is 15.8 Å². The maximum absolute atomic E-state index is 15.5. The number of aromatic nitrogens is 2. The summed E-state index contributed by atoms with van der Waals surface area (Å²) in [6.45, 7) is 5.09. The van der Waals surface area contributed by atoms with Gasteiger partial charge in [-0.1, -0.05) is 66.2 Å². The molecule has 0 amide bonds. The fourth-order valence-corrected chi connectivity index (χ4v) is 8.97. The van der Waals surface area contributed by atoms with Crippen molar-refractivity contribution in [2.24, 2.45) is 0 Å². The summed E-state index contributed by atoms with van der Waals surface area (Å²) in [4.78, 5) is 16.5. The van der Waals surface area contributed by atoms with Gasteiger partial charge in [-0.05, 0) is 104 Å². The molecule has 0 bridgehead atoms. The molecule has 2 heterocycles. The number of piperazine rings is 1. The first kappa shape index (κ1) is 39.5. The van der Waals surface area contributed by atoms with Gasteiger partial charge in [-0.25, -0.2) is 22.8 Å². The predicted molar refractivity (Wildman–Crippen MR) is 229 cm³/mol. The summed E-state index contributed by atoms with van der Waals surface area (Å²) in [5, 5.41) is 4.59. The lowest BCUT2D eigenvalue weighted by molar-refractivity contribution is 0.250. The van der Waals surface area contributed by atoms with Crippen molar-refractivity contribution in [3.05, 3.63) is 138 Å². The highest BCUT2D eigenvalue weighted by Crippen LogP contribution is 2.30. The van der Waals surface area contributed by atoms with E-state index >= 15 is 4.39 Å². The van der Waals surface area contributed by atoms with Gasteiger partial charge in [0, 0.05) is 65.5 Å². The number of sulfonamides is 1. The Hall–Kier alpha value is -4.72. The number of hydrogen-bond donors (Lipinski definition) is 2. The van der Waals surface area contributed by atoms with Crippen LogP contribution in [0.25, 0.3) is 22.0 Å². The number of halogens is 2. The van der Waals surface area contributed by atoms with Crippen molar-refractivity contribution in [1.82, 2.24) is 19.8 Å². The summed E-state index contributed by atoms with van der Waals surface area (Å²) >= 11 is 7.83. The van der Waals surface area contributed by atoms with Crippen LogP contribution in [0, 0.1) is 5.82 Å². The Kier molecular flexibility index (Phi) is 12.7. The molecular weight excluding hydrogens is 765 g/mol. The normalized spacial score (nSPS) is 14.3. The van der Waals surface area contributed by atoms with Crippen molar-refractivity contribution in [2.45, 2.75) is 28.8 Å². The minimum Gasteiger partial charge on any atom is -0.379 e. The standard InChI is InChI=1S/C43H45ClFN7O2S2/c1-50(2)21-20-34(29-55-36-9-4-3-5-10-36)48-41-19-17-37(27-40(41)45)56(53,54)49-43-39-18-16-35(26-42(39)46-30-47-43)52-24-22-51(23-25-52)28-32-8-6-7-11-38(32)31-12-14-33(44)15-13-31/h3-19,26-27,30,34,48H,20-25,28-29H2,1-2H3,(H,46,47,49)/t34-/m1/s1. The summed E-state index contributed by atoms with van der Waals surface area (Å²) in [6.07, 6.45) is 2.13. The number of hydrogen-bond acceptors (Lipinski definition) is 9. The Morgan fingerprint density at radius 2 is 1.62 bits per heavy atom. The van der Waals surface area contributed by atoms with Crippen LogP contribution in [-0.4, -0.2) is 86.8 Å². The number of rotatable bonds is 15. The van der Waals surface area contributed by atoms with Crippen LogP contribution in [-0.2, 0) is 16.6 Å². The van der Waals surface area contributed by atoms with Crippen molar-refractivity contribution >= 4 is 61.5 Å². The highest BCUT2D eigenvalue weighted by Gasteiger charge is 2.22. The number of fused-ring (bicyclic) bond motifs is 1. The fourth-order valence-electron chi connectivity index (χ4n) is 6.81. The van der Waals surface area contributed by atoms with Gasteiger partial charge in [0.15, 0.2) is 5.82 Å². The molecule has 56 heavy (non-hydrogen) atoms. The van der Waals surface area contributed by atoms with E-state index in [1.807, 2.05) is 62.6 Å². The molecule has 5 aromatic carbocycles. The van der Waals surface area contributed by atoms with Gasteiger partial charge in [0.25, 0.3) is 10.0 Å². The van der Waals surface area contributed by atoms with Crippen molar-refractivity contribution in [1.29, 1.82) is 0 Å². The van der Waals surface area contributed by atoms with Crippen LogP contribution < -0.4 is 14.9 Å². The smallest absolute Gasteiger partial charge is 0.263 e. The average Bonchev–Trinajstić information content (AvgIpc) is 3.20. The van der Waals surface area contributed by atoms with Gasteiger partial charge in [-0.3, -0.25) is 9.62 Å². The molecule has 0 spiro atoms. The molecule has 1 saturated heterocycles. The van der Waals surface area contributed by atoms with Crippen LogP contribution in [0.5, 0.6) is 0 Å². The second-order valence-corrected chi connectivity index (χ2v) is 17.4. The number of thioether (sulfide) groups is 1. The second kappa shape index (κ2) is 18.0. The lowest BCUT2D eigenvalue weighted by Crippen LogP contribution is -2.46. The van der Waals surface area contributed by atoms with Crippen LogP contribution >= 0.6 is 23.4 Å². The molecule has 0 unspecified atom stereocenters. The number of nitrogens with one attached hydrogen (secondary N) is 2. The highest BCUT2D eigenvalue weighted by molar-refractivity contribution is 7.99. The van der Waals surface area contributed by atoms with E-state index in [1.54, 1.807) is 11.8 Å². The quantitative estimate of drug-likeness (QED) is 0.0989. The molecule has 7 rings (SSSR count). The largest absolute Gasteiger partial charge is 0.379 e. The molecule has 13 heteroatoms. The predicted octanol–water partition coefficient (Wildman–Crippen LogP) is 8.74. The first-order valence-electron chi connectivity index (χ1n) is 18.6. The summed E-state index contributed by atoms with van der Waals surface area (Å²) in [7, 11) is -0.161. The zero-order valence-corrected chi connectivity index (χ0v) is 33.8. The molecule has 1 aromatic heterocycles. The molecule has 1 fully saturated rings. The lowest BCUT2D eigenvalue weighted by Gasteiger charge is -2.36. The minimum atomic E-state index is -4.17. The van der Waals surface area contributed by atoms with Crippen molar-refractivity contribution in [3.8, 4) is 11.1 Å². The van der Waals surface area contributed by atoms with E-state index in [0.717, 1.165) is 78.7 Å². The van der Waals surface area contributed by atoms with Crippen LogP contribution in [0.1, 0.15) is 12.0 Å². The summed E-state index contributed by atoms with van der Waals surface area (Å²) < 4.78 is 45.3. The number of nitrogens with zero attached hydrogens (tertiary/aromatic N) is 5. The zero-order chi connectivity index (χ0) is 39.1. The Morgan fingerprint density at radius 1 is 0.875 bits per heavy atom. The second-order valence-electron chi connectivity index (χ2n) is 14.2. The van der Waals surface area contributed by atoms with Gasteiger partial charge in [0.05, 0.1) is 16.1 Å². The summed E-state index contributed by atoms with van der Waals surface area (Å²) in [5.41, 5.74) is 5.49. The van der Waals surface area contributed by atoms with Crippen LogP contribution in [0.3, 0.4) is 0 Å². The Bertz CT molecular complexity index is 2360. The van der Waals surface area contributed by atoms with Gasteiger partial charge >= 0.3 is 0 Å². The third kappa shape index (κ3) is 9.98. The van der Waals surface area contributed by atoms with Gasteiger partial charge in [-0.15, -0.1) is 11.8 Å². The van der Waals surface area contributed by atoms with Crippen molar-refractivity contribution in [2.75, 3.05) is 67.5 Å². The van der Waals surface area contributed by atoms with E-state index in [9.17, 15) is 8.42 Å². The maximum Gasteiger partial charge on any atom is 0.263 e. The Morgan fingerprint density at radius 3 is 2.38 bits per heavy atom. The molecule has 1 atom stereocenters. The SMILES string of the molecule is CN(C)CC[C@H](CSc1ccccc1)Nc1ccc(S(=O)(=O)Nc2ncnc3cc(N4CCN(Cc5ccccc5-c5ccc(Cl)cc5)CC4)ccc23)cc1F. The van der Waals surface area contributed by atoms with Gasteiger partial charge in [0.2, 0.25) is 0 Å².